The topological polar surface area (TPSA) is 75.6 Å². The molecule has 0 saturated carbocycles. The van der Waals surface area contributed by atoms with Gasteiger partial charge in [-0.15, -0.1) is 4.91 Å². The second-order valence-corrected chi connectivity index (χ2v) is 1.96. The fourth-order valence-corrected chi connectivity index (χ4v) is 0.452. The van der Waals surface area contributed by atoms with E-state index < -0.39 is 5.91 Å². The van der Waals surface area contributed by atoms with Crippen molar-refractivity contribution in [3.8, 4) is 0 Å². The molecule has 5 nitrogen and oxygen atoms in total. The zero-order valence-corrected chi connectivity index (χ0v) is 6.55. The molecule has 0 atom stereocenters. The molecule has 0 aliphatic heterocycles. The summed E-state index contributed by atoms with van der Waals surface area (Å²) in [5.74, 6) is -1.23. The molecule has 1 N–H and O–H groups in total. The van der Waals surface area contributed by atoms with Gasteiger partial charge >= 0.3 is 5.91 Å². The molecule has 0 bridgehead atoms. The predicted molar refractivity (Wildman–Crippen MR) is 37.6 cm³/mol. The predicted octanol–water partition coefficient (Wildman–Crippen LogP) is -0.210. The van der Waals surface area contributed by atoms with Gasteiger partial charge < -0.3 is 5.32 Å². The molecule has 0 aliphatic carbocycles. The molecule has 2 amide bonds. The smallest absolute Gasteiger partial charge is 0.305 e. The highest BCUT2D eigenvalue weighted by atomic mass is 79.9. The number of hydrogen-bond donors (Lipinski definition) is 1. The lowest BCUT2D eigenvalue weighted by molar-refractivity contribution is -0.123. The van der Waals surface area contributed by atoms with E-state index in [1.54, 1.807) is 0 Å². The maximum absolute atomic E-state index is 10.4. The van der Waals surface area contributed by atoms with Crippen molar-refractivity contribution >= 4 is 27.7 Å². The lowest BCUT2D eigenvalue weighted by Gasteiger charge is -1.94. The molecule has 0 spiro atoms. The van der Waals surface area contributed by atoms with E-state index in [-0.39, 0.29) is 17.8 Å². The molecule has 0 unspecified atom stereocenters. The third-order valence-corrected chi connectivity index (χ3v) is 1.17. The Kier molecular flexibility index (Phi) is 4.65. The Morgan fingerprint density at radius 3 is 2.50 bits per heavy atom. The van der Waals surface area contributed by atoms with Crippen molar-refractivity contribution in [2.45, 2.75) is 0 Å². The van der Waals surface area contributed by atoms with Crippen LogP contribution in [-0.4, -0.2) is 23.7 Å². The number of amides is 2. The summed E-state index contributed by atoms with van der Waals surface area (Å²) in [5, 5.41) is 4.34. The number of nitroso groups, excluding NO2 is 1. The number of nitrogens with zero attached hydrogens (tertiary/aromatic N) is 1. The number of nitrogens with one attached hydrogen (secondary N) is 1. The third kappa shape index (κ3) is 4.13. The van der Waals surface area contributed by atoms with E-state index >= 15 is 0 Å². The average molecular weight is 209 g/mol. The number of carbonyl (C=O) groups is 2. The summed E-state index contributed by atoms with van der Waals surface area (Å²) in [6.45, 7) is -0.325. The van der Waals surface area contributed by atoms with Gasteiger partial charge in [0.2, 0.25) is 5.91 Å². The molecule has 0 aromatic carbocycles. The molecule has 0 aliphatic rings. The van der Waals surface area contributed by atoms with Gasteiger partial charge in [-0.1, -0.05) is 15.9 Å². The molecule has 0 saturated heterocycles. The van der Waals surface area contributed by atoms with Crippen molar-refractivity contribution < 1.29 is 9.59 Å². The number of carbonyl (C=O) groups excluding carboxylic acids is 2. The first kappa shape index (κ1) is 9.22. The molecule has 10 heavy (non-hydrogen) atoms. The lowest BCUT2D eigenvalue weighted by Crippen LogP contribution is -2.29. The molecule has 0 radical (unpaired) electrons. The third-order valence-electron chi connectivity index (χ3n) is 0.660. The average Bonchev–Trinajstić information content (AvgIpc) is 1.99. The van der Waals surface area contributed by atoms with Gasteiger partial charge in [-0.05, 0) is 0 Å². The van der Waals surface area contributed by atoms with Crippen molar-refractivity contribution in [1.82, 2.24) is 5.32 Å². The van der Waals surface area contributed by atoms with Crippen molar-refractivity contribution in [2.24, 2.45) is 5.18 Å². The Balaban J connectivity index is 3.44. The second kappa shape index (κ2) is 5.04. The second-order valence-electron chi connectivity index (χ2n) is 1.40. The number of rotatable bonds is 3. The lowest BCUT2D eigenvalue weighted by atomic mass is 10.6. The Morgan fingerprint density at radius 2 is 2.10 bits per heavy atom. The molecular formula is C4H5BrN2O3. The van der Waals surface area contributed by atoms with Gasteiger partial charge in [-0.3, -0.25) is 9.59 Å². The van der Waals surface area contributed by atoms with Gasteiger partial charge in [0.05, 0.1) is 5.33 Å². The standard InChI is InChI=1S/C4H5BrN2O3/c5-1-3(8)6-2-4(9)7-10/h1-2H2,(H,6,8). The van der Waals surface area contributed by atoms with E-state index in [1.807, 2.05) is 0 Å². The van der Waals surface area contributed by atoms with Gasteiger partial charge in [-0.2, -0.15) is 0 Å². The van der Waals surface area contributed by atoms with Crippen molar-refractivity contribution in [3.63, 3.8) is 0 Å². The summed E-state index contributed by atoms with van der Waals surface area (Å²) in [7, 11) is 0. The zero-order chi connectivity index (χ0) is 7.98. The maximum atomic E-state index is 10.4. The van der Waals surface area contributed by atoms with Crippen LogP contribution in [0.3, 0.4) is 0 Å². The van der Waals surface area contributed by atoms with E-state index in [0.29, 0.717) is 0 Å². The first-order valence-electron chi connectivity index (χ1n) is 2.39. The Morgan fingerprint density at radius 1 is 1.50 bits per heavy atom. The molecule has 0 aromatic rings. The fraction of sp³-hybridized carbons (Fsp3) is 0.500. The molecule has 0 heterocycles. The van der Waals surface area contributed by atoms with Crippen LogP contribution in [0.4, 0.5) is 0 Å². The quantitative estimate of drug-likeness (QED) is 0.516. The highest BCUT2D eigenvalue weighted by Gasteiger charge is 2.02. The zero-order valence-electron chi connectivity index (χ0n) is 4.96. The Bertz CT molecular complexity index is 159. The summed E-state index contributed by atoms with van der Waals surface area (Å²) in [6.07, 6.45) is 0. The Hall–Kier alpha value is -0.780. The minimum atomic E-state index is -0.880. The van der Waals surface area contributed by atoms with Gasteiger partial charge in [0.15, 0.2) is 0 Å². The minimum absolute atomic E-state index is 0.110. The summed E-state index contributed by atoms with van der Waals surface area (Å²) < 4.78 is 0. The van der Waals surface area contributed by atoms with E-state index in [9.17, 15) is 14.5 Å². The molecule has 6 heteroatoms. The molecule has 56 valence electrons. The van der Waals surface area contributed by atoms with Crippen LogP contribution in [0.25, 0.3) is 0 Å². The van der Waals surface area contributed by atoms with Crippen LogP contribution in [0.15, 0.2) is 5.18 Å². The van der Waals surface area contributed by atoms with Crippen LogP contribution < -0.4 is 5.32 Å². The first-order valence-corrected chi connectivity index (χ1v) is 3.51. The minimum Gasteiger partial charge on any atom is -0.346 e. The van der Waals surface area contributed by atoms with Crippen LogP contribution in [0, 0.1) is 4.91 Å². The fourth-order valence-electron chi connectivity index (χ4n) is 0.254. The van der Waals surface area contributed by atoms with Crippen molar-refractivity contribution in [3.05, 3.63) is 4.91 Å². The normalized spacial score (nSPS) is 8.50. The maximum Gasteiger partial charge on any atom is 0.305 e. The molecular weight excluding hydrogens is 204 g/mol. The van der Waals surface area contributed by atoms with Gasteiger partial charge in [0.25, 0.3) is 0 Å². The van der Waals surface area contributed by atoms with Crippen LogP contribution in [-0.2, 0) is 9.59 Å². The molecule has 0 rings (SSSR count). The van der Waals surface area contributed by atoms with E-state index in [2.05, 4.69) is 26.4 Å². The summed E-state index contributed by atoms with van der Waals surface area (Å²) in [4.78, 5) is 29.9. The van der Waals surface area contributed by atoms with Crippen molar-refractivity contribution in [2.75, 3.05) is 11.9 Å². The van der Waals surface area contributed by atoms with Crippen LogP contribution >= 0.6 is 15.9 Å². The van der Waals surface area contributed by atoms with E-state index in [4.69, 9.17) is 0 Å². The van der Waals surface area contributed by atoms with Crippen LogP contribution in [0.1, 0.15) is 0 Å². The van der Waals surface area contributed by atoms with E-state index in [0.717, 1.165) is 0 Å². The first-order chi connectivity index (χ1) is 4.70. The SMILES string of the molecule is O=NC(=O)CNC(=O)CBr. The number of halogens is 1. The Labute approximate surface area is 65.3 Å². The highest BCUT2D eigenvalue weighted by Crippen LogP contribution is 1.78. The summed E-state index contributed by atoms with van der Waals surface area (Å²) >= 11 is 2.85. The largest absolute Gasteiger partial charge is 0.346 e. The number of hydrogen-bond acceptors (Lipinski definition) is 3. The highest BCUT2D eigenvalue weighted by molar-refractivity contribution is 9.09. The summed E-state index contributed by atoms with van der Waals surface area (Å²) in [5.41, 5.74) is 0. The van der Waals surface area contributed by atoms with Crippen LogP contribution in [0.5, 0.6) is 0 Å². The van der Waals surface area contributed by atoms with Gasteiger partial charge in [0.1, 0.15) is 6.54 Å². The monoisotopic (exact) mass is 208 g/mol. The van der Waals surface area contributed by atoms with Gasteiger partial charge in [-0.25, -0.2) is 0 Å². The molecule has 0 aromatic heterocycles. The molecule has 0 fully saturated rings. The van der Waals surface area contributed by atoms with Gasteiger partial charge in [0, 0.05) is 5.18 Å². The van der Waals surface area contributed by atoms with Crippen molar-refractivity contribution in [1.29, 1.82) is 0 Å². The van der Waals surface area contributed by atoms with Crippen LogP contribution in [0.2, 0.25) is 0 Å². The summed E-state index contributed by atoms with van der Waals surface area (Å²) in [6, 6.07) is 0. The van der Waals surface area contributed by atoms with E-state index in [1.165, 1.54) is 0 Å². The number of alkyl halides is 1.